The average Bonchev–Trinajstić information content (AvgIpc) is 4.04. The van der Waals surface area contributed by atoms with Crippen LogP contribution in [0.1, 0.15) is 102 Å². The maximum atomic E-state index is 14.7. The van der Waals surface area contributed by atoms with Gasteiger partial charge in [0.2, 0.25) is 11.8 Å². The maximum absolute atomic E-state index is 14.7. The quantitative estimate of drug-likeness (QED) is 0.165. The molecule has 1 aliphatic carbocycles. The largest absolute Gasteiger partial charge is 0.446 e. The van der Waals surface area contributed by atoms with Crippen LogP contribution in [-0.2, 0) is 40.6 Å². The van der Waals surface area contributed by atoms with E-state index in [1.165, 1.54) is 17.0 Å². The van der Waals surface area contributed by atoms with E-state index in [1.807, 2.05) is 46.8 Å². The lowest BCUT2D eigenvalue weighted by atomic mass is 9.72. The summed E-state index contributed by atoms with van der Waals surface area (Å²) in [6.45, 7) is 7.27. The lowest BCUT2D eigenvalue weighted by molar-refractivity contribution is -0.137. The number of hydrogen-bond donors (Lipinski definition) is 1. The summed E-state index contributed by atoms with van der Waals surface area (Å²) in [5, 5.41) is 10.8. The van der Waals surface area contributed by atoms with Crippen LogP contribution in [0.2, 0.25) is 0 Å². The number of amides is 4. The van der Waals surface area contributed by atoms with Crippen LogP contribution in [0.15, 0.2) is 72.0 Å². The van der Waals surface area contributed by atoms with Gasteiger partial charge in [-0.3, -0.25) is 38.5 Å². The first-order valence-electron chi connectivity index (χ1n) is 25.4. The summed E-state index contributed by atoms with van der Waals surface area (Å²) in [6, 6.07) is 13.8. The Morgan fingerprint density at radius 2 is 1.62 bits per heavy atom. The molecule has 5 fully saturated rings. The lowest BCUT2D eigenvalue weighted by Crippen LogP contribution is -2.52. The molecule has 380 valence electrons. The van der Waals surface area contributed by atoms with Crippen LogP contribution in [0.25, 0.3) is 11.2 Å². The van der Waals surface area contributed by atoms with Gasteiger partial charge in [-0.1, -0.05) is 18.6 Å². The van der Waals surface area contributed by atoms with E-state index in [1.54, 1.807) is 22.2 Å². The molecule has 11 rings (SSSR count). The number of carbonyl (C=O) groups excluding carboxylic acids is 4. The monoisotopic (exact) mass is 991 g/mol. The van der Waals surface area contributed by atoms with Crippen LogP contribution < -0.4 is 15.9 Å². The number of fused-ring (bicyclic) bond motifs is 2. The Bertz CT molecular complexity index is 2940. The Balaban J connectivity index is 0.647. The van der Waals surface area contributed by atoms with Crippen LogP contribution >= 0.6 is 0 Å². The molecule has 3 aromatic heterocycles. The number of anilines is 1. The fourth-order valence-electron chi connectivity index (χ4n) is 11.9. The fraction of sp³-hybridized carbons (Fsp3) is 0.519. The second-order valence-electron chi connectivity index (χ2n) is 20.7. The molecule has 4 saturated heterocycles. The van der Waals surface area contributed by atoms with Gasteiger partial charge in [-0.2, -0.15) is 13.2 Å². The lowest BCUT2D eigenvalue weighted by Gasteiger charge is -2.40. The molecule has 2 atom stereocenters. The van der Waals surface area contributed by atoms with Gasteiger partial charge in [-0.25, -0.2) is 9.59 Å². The van der Waals surface area contributed by atoms with Crippen molar-refractivity contribution in [3.63, 3.8) is 0 Å². The number of nitrogens with one attached hydrogen (secondary N) is 1. The van der Waals surface area contributed by atoms with E-state index in [4.69, 9.17) is 4.74 Å². The Morgan fingerprint density at radius 3 is 2.32 bits per heavy atom. The summed E-state index contributed by atoms with van der Waals surface area (Å²) in [7, 11) is 1.90. The van der Waals surface area contributed by atoms with Crippen molar-refractivity contribution in [2.45, 2.75) is 95.1 Å². The summed E-state index contributed by atoms with van der Waals surface area (Å²) in [5.74, 6) is 0.676. The summed E-state index contributed by atoms with van der Waals surface area (Å²) in [6.07, 6.45) is 5.75. The number of imide groups is 1. The molecule has 17 nitrogen and oxygen atoms in total. The van der Waals surface area contributed by atoms with Gasteiger partial charge in [0.15, 0.2) is 0 Å². The summed E-state index contributed by atoms with van der Waals surface area (Å²) in [4.78, 5) is 74.9. The number of piperazine rings is 1. The number of imidazole rings is 1. The zero-order chi connectivity index (χ0) is 49.8. The number of likely N-dealkylation sites (tertiary alicyclic amines) is 2. The summed E-state index contributed by atoms with van der Waals surface area (Å²) < 4.78 is 54.4. The van der Waals surface area contributed by atoms with Crippen LogP contribution in [0.4, 0.5) is 23.7 Å². The third kappa shape index (κ3) is 9.50. The van der Waals surface area contributed by atoms with Crippen LogP contribution in [0.3, 0.4) is 0 Å². The zero-order valence-corrected chi connectivity index (χ0v) is 40.4. The highest BCUT2D eigenvalue weighted by atomic mass is 19.4. The molecule has 0 bridgehead atoms. The molecular formula is C52H60F3N11O6. The van der Waals surface area contributed by atoms with Crippen molar-refractivity contribution in [3.05, 3.63) is 111 Å². The molecule has 4 amide bonds. The molecule has 72 heavy (non-hydrogen) atoms. The number of rotatable bonds is 11. The van der Waals surface area contributed by atoms with E-state index in [0.717, 1.165) is 97.9 Å². The number of pyridine rings is 1. The van der Waals surface area contributed by atoms with Crippen molar-refractivity contribution in [2.75, 3.05) is 63.8 Å². The van der Waals surface area contributed by atoms with Crippen LogP contribution in [0, 0.1) is 11.8 Å². The zero-order valence-electron chi connectivity index (χ0n) is 40.4. The van der Waals surface area contributed by atoms with Crippen LogP contribution in [-0.4, -0.2) is 138 Å². The van der Waals surface area contributed by atoms with Gasteiger partial charge in [-0.15, -0.1) is 10.2 Å². The normalized spacial score (nSPS) is 21.6. The van der Waals surface area contributed by atoms with E-state index in [9.17, 15) is 37.1 Å². The van der Waals surface area contributed by atoms with Gasteiger partial charge in [0, 0.05) is 115 Å². The summed E-state index contributed by atoms with van der Waals surface area (Å²) in [5.41, 5.74) is 2.67. The number of nitrogens with zero attached hydrogens (tertiary/aromatic N) is 10. The highest BCUT2D eigenvalue weighted by molar-refractivity contribution is 6.05. The smallest absolute Gasteiger partial charge is 0.418 e. The topological polar surface area (TPSA) is 163 Å². The number of benzene rings is 2. The Kier molecular flexibility index (Phi) is 12.9. The number of ether oxygens (including phenoxy) is 1. The van der Waals surface area contributed by atoms with Crippen molar-refractivity contribution in [2.24, 2.45) is 18.9 Å². The van der Waals surface area contributed by atoms with Crippen molar-refractivity contribution >= 4 is 35.0 Å². The number of carbonyl (C=O) groups is 4. The van der Waals surface area contributed by atoms with Crippen molar-refractivity contribution < 1.29 is 37.1 Å². The third-order valence-corrected chi connectivity index (χ3v) is 16.1. The standard InChI is InChI=1S/C52H60F3N11O6/c1-59-32-56-58-47(59)46(35-4-2-5-35)36-6-3-7-39(25-36)64-31-44-42(52(53,54)55)24-34(29-66(44)50(64)70)28-60-16-14-40(15-17-60)72-51(71)63-18-12-33(13-19-63)27-61-20-22-62(23-21-61)38-8-9-41-37(26-38)30-65(49(41)69)43-10-11-45(67)57-48(43)68/h3,6-9,24-26,29,31-33,35,40,43,46H,2,4-5,10-23,27-28,30H2,1H3,(H,57,67,68)/t43?,46-/m1/s1. The summed E-state index contributed by atoms with van der Waals surface area (Å²) >= 11 is 0. The first-order valence-corrected chi connectivity index (χ1v) is 25.4. The first-order chi connectivity index (χ1) is 34.7. The minimum absolute atomic E-state index is 0.0556. The molecule has 5 aliphatic heterocycles. The number of piperidine rings is 3. The van der Waals surface area contributed by atoms with E-state index >= 15 is 0 Å². The molecule has 6 aliphatic rings. The van der Waals surface area contributed by atoms with Crippen molar-refractivity contribution in [1.29, 1.82) is 0 Å². The highest BCUT2D eigenvalue weighted by Crippen LogP contribution is 2.43. The number of aryl methyl sites for hydroxylation is 1. The Labute approximate surface area is 414 Å². The van der Waals surface area contributed by atoms with Crippen LogP contribution in [0.5, 0.6) is 0 Å². The van der Waals surface area contributed by atoms with Crippen molar-refractivity contribution in [3.8, 4) is 5.69 Å². The predicted octanol–water partition coefficient (Wildman–Crippen LogP) is 5.57. The van der Waals surface area contributed by atoms with Gasteiger partial charge in [0.1, 0.15) is 24.3 Å². The molecular weight excluding hydrogens is 932 g/mol. The Morgan fingerprint density at radius 1 is 0.847 bits per heavy atom. The van der Waals surface area contributed by atoms with Gasteiger partial charge in [0.25, 0.3) is 5.91 Å². The SMILES string of the molecule is Cn1cnnc1[C@@H](c1cccc(-n2cc3c(C(F)(F)F)cc(CN4CCC(OC(=O)N5CCC(CN6CCN(c7ccc8c(c7)CN(C7CCC(=O)NC7=O)C8=O)CC6)CC5)CC4)cn3c2=O)c1)C1CCC1. The third-order valence-electron chi connectivity index (χ3n) is 16.1. The minimum atomic E-state index is -4.70. The molecule has 0 spiro atoms. The number of aromatic nitrogens is 5. The number of alkyl halides is 3. The minimum Gasteiger partial charge on any atom is -0.446 e. The molecule has 20 heteroatoms. The van der Waals surface area contributed by atoms with Gasteiger partial charge in [-0.05, 0) is 110 Å². The van der Waals surface area contributed by atoms with E-state index < -0.39 is 29.4 Å². The number of halogens is 3. The van der Waals surface area contributed by atoms with E-state index in [-0.39, 0.29) is 48.4 Å². The molecule has 8 heterocycles. The van der Waals surface area contributed by atoms with E-state index in [0.29, 0.717) is 80.6 Å². The van der Waals surface area contributed by atoms with Crippen molar-refractivity contribution in [1.82, 2.24) is 48.6 Å². The second-order valence-corrected chi connectivity index (χ2v) is 20.7. The second kappa shape index (κ2) is 19.5. The Hall–Kier alpha value is -6.54. The molecule has 5 aromatic rings. The fourth-order valence-corrected chi connectivity index (χ4v) is 11.9. The molecule has 1 saturated carbocycles. The van der Waals surface area contributed by atoms with Gasteiger partial charge < -0.3 is 24.0 Å². The van der Waals surface area contributed by atoms with Gasteiger partial charge >= 0.3 is 18.0 Å². The van der Waals surface area contributed by atoms with E-state index in [2.05, 4.69) is 31.4 Å². The number of hydrogen-bond acceptors (Lipinski definition) is 11. The molecule has 1 N–H and O–H groups in total. The van der Waals surface area contributed by atoms with Gasteiger partial charge in [0.05, 0.1) is 16.8 Å². The molecule has 2 aromatic carbocycles. The first kappa shape index (κ1) is 47.8. The average molecular weight is 992 g/mol. The predicted molar refractivity (Wildman–Crippen MR) is 258 cm³/mol. The molecule has 1 unspecified atom stereocenters. The molecule has 0 radical (unpaired) electrons. The maximum Gasteiger partial charge on any atom is 0.418 e. The highest BCUT2D eigenvalue weighted by Gasteiger charge is 2.40.